The van der Waals surface area contributed by atoms with Crippen molar-refractivity contribution in [2.24, 2.45) is 5.10 Å². The maximum absolute atomic E-state index is 12.9. The lowest BCUT2D eigenvalue weighted by atomic mass is 10.1. The second-order valence-electron chi connectivity index (χ2n) is 8.36. The zero-order valence-corrected chi connectivity index (χ0v) is 20.9. The number of hydrogen-bond donors (Lipinski definition) is 1. The summed E-state index contributed by atoms with van der Waals surface area (Å²) in [5.74, 6) is 0.906. The van der Waals surface area contributed by atoms with E-state index in [4.69, 9.17) is 14.2 Å². The molecule has 4 aromatic rings. The van der Waals surface area contributed by atoms with Crippen molar-refractivity contribution in [1.82, 2.24) is 5.43 Å². The van der Waals surface area contributed by atoms with Crippen LogP contribution in [0, 0.1) is 0 Å². The van der Waals surface area contributed by atoms with Gasteiger partial charge in [0.25, 0.3) is 5.91 Å². The monoisotopic (exact) mass is 534 g/mol. The topological polar surface area (TPSA) is 69.2 Å². The molecule has 9 heteroatoms. The van der Waals surface area contributed by atoms with Crippen LogP contribution in [0.3, 0.4) is 0 Å². The number of benzene rings is 4. The first kappa shape index (κ1) is 27.3. The van der Waals surface area contributed by atoms with Crippen molar-refractivity contribution in [3.05, 3.63) is 125 Å². The summed E-state index contributed by atoms with van der Waals surface area (Å²) in [7, 11) is 1.56. The third-order valence-corrected chi connectivity index (χ3v) is 5.60. The van der Waals surface area contributed by atoms with E-state index in [1.165, 1.54) is 18.3 Å². The molecule has 4 rings (SSSR count). The van der Waals surface area contributed by atoms with Gasteiger partial charge in [0.2, 0.25) is 0 Å². The molecule has 0 atom stereocenters. The van der Waals surface area contributed by atoms with E-state index < -0.39 is 17.6 Å². The molecule has 0 saturated carbocycles. The van der Waals surface area contributed by atoms with Crippen LogP contribution in [0.15, 0.2) is 102 Å². The summed E-state index contributed by atoms with van der Waals surface area (Å²) in [6, 6.07) is 26.5. The van der Waals surface area contributed by atoms with E-state index in [1.54, 1.807) is 31.4 Å². The van der Waals surface area contributed by atoms with Crippen molar-refractivity contribution in [3.8, 4) is 17.2 Å². The Morgan fingerprint density at radius 3 is 2.28 bits per heavy atom. The number of hydrogen-bond acceptors (Lipinski definition) is 5. The van der Waals surface area contributed by atoms with Gasteiger partial charge in [0.1, 0.15) is 19.0 Å². The standard InChI is InChI=1S/C30H25F3N2O4/c1-37-28-16-22(14-15-27(28)39-19-21-8-3-2-4-9-21)20-38-26-13-6-5-10-24(26)18-34-35-29(36)23-11-7-12-25(17-23)30(31,32)33/h2-18H,19-20H2,1H3,(H,35,36)/b34-18+. The third kappa shape index (κ3) is 7.61. The van der Waals surface area contributed by atoms with Gasteiger partial charge in [0.05, 0.1) is 18.9 Å². The van der Waals surface area contributed by atoms with E-state index in [9.17, 15) is 18.0 Å². The first-order chi connectivity index (χ1) is 18.8. The molecular formula is C30H25F3N2O4. The Balaban J connectivity index is 1.37. The highest BCUT2D eigenvalue weighted by atomic mass is 19.4. The van der Waals surface area contributed by atoms with Crippen LogP contribution in [-0.2, 0) is 19.4 Å². The molecule has 0 fully saturated rings. The van der Waals surface area contributed by atoms with Gasteiger partial charge in [0.15, 0.2) is 11.5 Å². The Labute approximate surface area is 223 Å². The van der Waals surface area contributed by atoms with Crippen LogP contribution < -0.4 is 19.6 Å². The largest absolute Gasteiger partial charge is 0.493 e. The summed E-state index contributed by atoms with van der Waals surface area (Å²) in [6.45, 7) is 0.626. The molecule has 0 saturated heterocycles. The van der Waals surface area contributed by atoms with Gasteiger partial charge < -0.3 is 14.2 Å². The highest BCUT2D eigenvalue weighted by molar-refractivity contribution is 5.95. The van der Waals surface area contributed by atoms with Crippen molar-refractivity contribution < 1.29 is 32.2 Å². The predicted octanol–water partition coefficient (Wildman–Crippen LogP) is 6.64. The lowest BCUT2D eigenvalue weighted by Gasteiger charge is -2.13. The first-order valence-corrected chi connectivity index (χ1v) is 11.9. The normalized spacial score (nSPS) is 11.3. The number of rotatable bonds is 10. The van der Waals surface area contributed by atoms with Crippen molar-refractivity contribution in [1.29, 1.82) is 0 Å². The summed E-state index contributed by atoms with van der Waals surface area (Å²) < 4.78 is 56.1. The zero-order chi connectivity index (χ0) is 27.7. The summed E-state index contributed by atoms with van der Waals surface area (Å²) in [5, 5.41) is 3.89. The van der Waals surface area contributed by atoms with Crippen LogP contribution in [0.25, 0.3) is 0 Å². The number of carbonyl (C=O) groups is 1. The molecule has 0 aliphatic heterocycles. The number of alkyl halides is 3. The van der Waals surface area contributed by atoms with E-state index in [0.717, 1.165) is 23.3 Å². The minimum atomic E-state index is -4.55. The number of nitrogens with zero attached hydrogens (tertiary/aromatic N) is 1. The summed E-state index contributed by atoms with van der Waals surface area (Å²) in [4.78, 5) is 12.3. The van der Waals surface area contributed by atoms with Gasteiger partial charge in [0, 0.05) is 11.1 Å². The molecule has 0 heterocycles. The molecule has 0 bridgehead atoms. The number of methoxy groups -OCH3 is 1. The SMILES string of the molecule is COc1cc(COc2ccccc2/C=N/NC(=O)c2cccc(C(F)(F)F)c2)ccc1OCc1ccccc1. The smallest absolute Gasteiger partial charge is 0.416 e. The van der Waals surface area contributed by atoms with Crippen LogP contribution >= 0.6 is 0 Å². The number of para-hydroxylation sites is 1. The number of carbonyl (C=O) groups excluding carboxylic acids is 1. The fourth-order valence-corrected chi connectivity index (χ4v) is 3.60. The van der Waals surface area contributed by atoms with E-state index >= 15 is 0 Å². The summed E-state index contributed by atoms with van der Waals surface area (Å²) in [6.07, 6.45) is -3.18. The van der Waals surface area contributed by atoms with Crippen LogP contribution in [0.2, 0.25) is 0 Å². The lowest BCUT2D eigenvalue weighted by molar-refractivity contribution is -0.137. The Morgan fingerprint density at radius 2 is 1.51 bits per heavy atom. The number of nitrogens with one attached hydrogen (secondary N) is 1. The molecule has 1 amide bonds. The van der Waals surface area contributed by atoms with Gasteiger partial charge in [-0.1, -0.05) is 54.6 Å². The molecule has 0 aliphatic rings. The Kier molecular flexibility index (Phi) is 8.83. The van der Waals surface area contributed by atoms with Gasteiger partial charge in [-0.2, -0.15) is 18.3 Å². The summed E-state index contributed by atoms with van der Waals surface area (Å²) >= 11 is 0. The third-order valence-electron chi connectivity index (χ3n) is 5.60. The number of hydrazone groups is 1. The molecule has 0 spiro atoms. The van der Waals surface area contributed by atoms with Gasteiger partial charge in [-0.15, -0.1) is 0 Å². The Morgan fingerprint density at radius 1 is 0.795 bits per heavy atom. The maximum atomic E-state index is 12.9. The van der Waals surface area contributed by atoms with Gasteiger partial charge in [-0.25, -0.2) is 5.43 Å². The summed E-state index contributed by atoms with van der Waals surface area (Å²) in [5.41, 5.74) is 3.62. The van der Waals surface area contributed by atoms with Crippen molar-refractivity contribution in [3.63, 3.8) is 0 Å². The molecule has 200 valence electrons. The quantitative estimate of drug-likeness (QED) is 0.183. The van der Waals surface area contributed by atoms with E-state index in [1.807, 2.05) is 48.5 Å². The molecule has 0 radical (unpaired) electrons. The Bertz CT molecular complexity index is 1440. The van der Waals surface area contributed by atoms with E-state index in [-0.39, 0.29) is 12.2 Å². The molecule has 0 aromatic heterocycles. The molecule has 4 aromatic carbocycles. The fraction of sp³-hybridized carbons (Fsp3) is 0.133. The molecular weight excluding hydrogens is 509 g/mol. The highest BCUT2D eigenvalue weighted by Gasteiger charge is 2.30. The van der Waals surface area contributed by atoms with E-state index in [0.29, 0.717) is 29.4 Å². The predicted molar refractivity (Wildman–Crippen MR) is 141 cm³/mol. The van der Waals surface area contributed by atoms with E-state index in [2.05, 4.69) is 10.5 Å². The fourth-order valence-electron chi connectivity index (χ4n) is 3.60. The average Bonchev–Trinajstić information content (AvgIpc) is 2.95. The van der Waals surface area contributed by atoms with Crippen molar-refractivity contribution in [2.45, 2.75) is 19.4 Å². The van der Waals surface area contributed by atoms with Crippen LogP contribution in [0.4, 0.5) is 13.2 Å². The van der Waals surface area contributed by atoms with Gasteiger partial charge >= 0.3 is 6.18 Å². The zero-order valence-electron chi connectivity index (χ0n) is 20.9. The molecule has 0 unspecified atom stereocenters. The number of amides is 1. The van der Waals surface area contributed by atoms with Crippen LogP contribution in [0.5, 0.6) is 17.2 Å². The van der Waals surface area contributed by atoms with Crippen LogP contribution in [0.1, 0.15) is 32.6 Å². The highest BCUT2D eigenvalue weighted by Crippen LogP contribution is 2.30. The molecule has 39 heavy (non-hydrogen) atoms. The van der Waals surface area contributed by atoms with Gasteiger partial charge in [-0.3, -0.25) is 4.79 Å². The Hall–Kier alpha value is -4.79. The molecule has 1 N–H and O–H groups in total. The second kappa shape index (κ2) is 12.6. The first-order valence-electron chi connectivity index (χ1n) is 11.9. The number of ether oxygens (including phenoxy) is 3. The van der Waals surface area contributed by atoms with Crippen molar-refractivity contribution >= 4 is 12.1 Å². The van der Waals surface area contributed by atoms with Crippen LogP contribution in [-0.4, -0.2) is 19.2 Å². The molecule has 6 nitrogen and oxygen atoms in total. The maximum Gasteiger partial charge on any atom is 0.416 e. The minimum Gasteiger partial charge on any atom is -0.493 e. The number of halogens is 3. The second-order valence-corrected chi connectivity index (χ2v) is 8.36. The van der Waals surface area contributed by atoms with Gasteiger partial charge in [-0.05, 0) is 53.6 Å². The minimum absolute atomic E-state index is 0.156. The lowest BCUT2D eigenvalue weighted by Crippen LogP contribution is -2.18. The molecule has 0 aliphatic carbocycles. The van der Waals surface area contributed by atoms with Crippen molar-refractivity contribution in [2.75, 3.05) is 7.11 Å². The average molecular weight is 535 g/mol.